The van der Waals surface area contributed by atoms with Crippen molar-refractivity contribution in [2.45, 2.75) is 38.0 Å². The molecule has 0 aliphatic carbocycles. The first kappa shape index (κ1) is 29.3. The number of carbonyl (C=O) groups excluding carboxylic acids is 2. The van der Waals surface area contributed by atoms with Crippen molar-refractivity contribution < 1.29 is 19.1 Å². The SMILES string of the molecule is CC1CC=Cc2cc(NC(=O)c3ccc(N4CCC5(CC4)OCCO5)cc3)ccc2N1c1ccc(NC(=O)c2cccs2)cc1. The molecule has 4 heterocycles. The molecule has 0 radical (unpaired) electrons. The molecule has 1 aromatic heterocycles. The lowest BCUT2D eigenvalue weighted by molar-refractivity contribution is -0.169. The first-order valence-corrected chi connectivity index (χ1v) is 16.3. The molecule has 8 nitrogen and oxygen atoms in total. The third kappa shape index (κ3) is 6.24. The van der Waals surface area contributed by atoms with Crippen molar-refractivity contribution in [3.63, 3.8) is 0 Å². The number of ether oxygens (including phenoxy) is 2. The van der Waals surface area contributed by atoms with Crippen molar-refractivity contribution in [2.75, 3.05) is 46.7 Å². The Kier molecular flexibility index (Phi) is 8.14. The molecule has 1 unspecified atom stereocenters. The van der Waals surface area contributed by atoms with Gasteiger partial charge in [0.1, 0.15) is 0 Å². The number of anilines is 5. The van der Waals surface area contributed by atoms with Crippen LogP contribution in [0.25, 0.3) is 6.08 Å². The van der Waals surface area contributed by atoms with Crippen molar-refractivity contribution in [2.24, 2.45) is 0 Å². The predicted octanol–water partition coefficient (Wildman–Crippen LogP) is 7.54. The summed E-state index contributed by atoms with van der Waals surface area (Å²) in [6.45, 7) is 5.27. The molecule has 230 valence electrons. The number of hydrogen-bond acceptors (Lipinski definition) is 7. The van der Waals surface area contributed by atoms with E-state index in [1.807, 2.05) is 78.2 Å². The predicted molar refractivity (Wildman–Crippen MR) is 181 cm³/mol. The summed E-state index contributed by atoms with van der Waals surface area (Å²) < 4.78 is 11.7. The van der Waals surface area contributed by atoms with Crippen molar-refractivity contribution >= 4 is 57.7 Å². The average molecular weight is 621 g/mol. The van der Waals surface area contributed by atoms with Gasteiger partial charge in [0.15, 0.2) is 5.79 Å². The van der Waals surface area contributed by atoms with Crippen molar-refractivity contribution in [1.29, 1.82) is 0 Å². The van der Waals surface area contributed by atoms with Gasteiger partial charge in [0.2, 0.25) is 0 Å². The largest absolute Gasteiger partial charge is 0.371 e. The lowest BCUT2D eigenvalue weighted by atomic mass is 10.0. The van der Waals surface area contributed by atoms with Crippen LogP contribution in [-0.2, 0) is 9.47 Å². The highest BCUT2D eigenvalue weighted by Gasteiger charge is 2.39. The van der Waals surface area contributed by atoms with Gasteiger partial charge in [-0.15, -0.1) is 11.3 Å². The zero-order valence-corrected chi connectivity index (χ0v) is 26.0. The number of benzene rings is 3. The Labute approximate surface area is 267 Å². The fraction of sp³-hybridized carbons (Fsp3) is 0.278. The number of thiophene rings is 1. The summed E-state index contributed by atoms with van der Waals surface area (Å²) in [7, 11) is 0. The Morgan fingerprint density at radius 1 is 0.844 bits per heavy atom. The van der Waals surface area contributed by atoms with Gasteiger partial charge in [0.05, 0.1) is 18.1 Å². The number of piperidine rings is 1. The normalized spacial score (nSPS) is 18.8. The Hall–Kier alpha value is -4.44. The summed E-state index contributed by atoms with van der Waals surface area (Å²) in [5.41, 5.74) is 6.33. The number of carbonyl (C=O) groups is 2. The Bertz CT molecular complexity index is 1690. The molecule has 2 amide bonds. The van der Waals surface area contributed by atoms with Gasteiger partial charge < -0.3 is 29.9 Å². The fourth-order valence-corrected chi connectivity index (χ4v) is 6.96. The number of nitrogens with zero attached hydrogens (tertiary/aromatic N) is 2. The summed E-state index contributed by atoms with van der Waals surface area (Å²) in [4.78, 5) is 31.0. The highest BCUT2D eigenvalue weighted by molar-refractivity contribution is 7.12. The highest BCUT2D eigenvalue weighted by Crippen LogP contribution is 2.37. The lowest BCUT2D eigenvalue weighted by Gasteiger charge is -2.38. The Morgan fingerprint density at radius 3 is 2.24 bits per heavy atom. The van der Waals surface area contributed by atoms with Gasteiger partial charge >= 0.3 is 0 Å². The lowest BCUT2D eigenvalue weighted by Crippen LogP contribution is -2.45. The highest BCUT2D eigenvalue weighted by atomic mass is 32.1. The van der Waals surface area contributed by atoms with E-state index in [1.165, 1.54) is 11.3 Å². The second-order valence-corrected chi connectivity index (χ2v) is 12.7. The van der Waals surface area contributed by atoms with Gasteiger partial charge in [0, 0.05) is 66.0 Å². The van der Waals surface area contributed by atoms with Crippen molar-refractivity contribution in [1.82, 2.24) is 0 Å². The van der Waals surface area contributed by atoms with E-state index < -0.39 is 5.79 Å². The van der Waals surface area contributed by atoms with E-state index in [1.54, 1.807) is 0 Å². The second kappa shape index (κ2) is 12.5. The monoisotopic (exact) mass is 620 g/mol. The van der Waals surface area contributed by atoms with Crippen molar-refractivity contribution in [3.8, 4) is 0 Å². The van der Waals surface area contributed by atoms with Crippen LogP contribution < -0.4 is 20.4 Å². The van der Waals surface area contributed by atoms with Crippen LogP contribution in [0.2, 0.25) is 0 Å². The summed E-state index contributed by atoms with van der Waals surface area (Å²) in [5, 5.41) is 7.95. The molecule has 4 aromatic rings. The van der Waals surface area contributed by atoms with E-state index in [-0.39, 0.29) is 17.9 Å². The molecule has 3 aliphatic heterocycles. The zero-order valence-electron chi connectivity index (χ0n) is 25.2. The minimum Gasteiger partial charge on any atom is -0.371 e. The smallest absolute Gasteiger partial charge is 0.265 e. The van der Waals surface area contributed by atoms with E-state index in [0.29, 0.717) is 23.7 Å². The third-order valence-electron chi connectivity index (χ3n) is 8.74. The van der Waals surface area contributed by atoms with Gasteiger partial charge in [-0.05, 0) is 97.1 Å². The molecule has 1 atom stereocenters. The van der Waals surface area contributed by atoms with E-state index >= 15 is 0 Å². The fourth-order valence-electron chi connectivity index (χ4n) is 6.34. The molecular formula is C36H36N4O4S. The molecule has 9 heteroatoms. The minimum atomic E-state index is -0.400. The average Bonchev–Trinajstić information content (AvgIpc) is 3.74. The van der Waals surface area contributed by atoms with Crippen LogP contribution in [0.15, 0.2) is 90.3 Å². The van der Waals surface area contributed by atoms with E-state index in [0.717, 1.165) is 66.4 Å². The molecule has 45 heavy (non-hydrogen) atoms. The molecular weight excluding hydrogens is 584 g/mol. The van der Waals surface area contributed by atoms with E-state index in [4.69, 9.17) is 9.47 Å². The van der Waals surface area contributed by atoms with E-state index in [9.17, 15) is 9.59 Å². The van der Waals surface area contributed by atoms with Crippen molar-refractivity contribution in [3.05, 3.63) is 106 Å². The number of hydrogen-bond donors (Lipinski definition) is 2. The number of amides is 2. The maximum atomic E-state index is 13.2. The number of fused-ring (bicyclic) bond motifs is 1. The minimum absolute atomic E-state index is 0.105. The van der Waals surface area contributed by atoms with Gasteiger partial charge in [-0.3, -0.25) is 9.59 Å². The van der Waals surface area contributed by atoms with Gasteiger partial charge in [-0.25, -0.2) is 0 Å². The Morgan fingerprint density at radius 2 is 1.53 bits per heavy atom. The summed E-state index contributed by atoms with van der Waals surface area (Å²) in [6.07, 6.45) is 6.86. The molecule has 7 rings (SSSR count). The molecule has 3 aliphatic rings. The van der Waals surface area contributed by atoms with Crippen LogP contribution in [0.5, 0.6) is 0 Å². The van der Waals surface area contributed by atoms with E-state index in [2.05, 4.69) is 45.6 Å². The molecule has 2 fully saturated rings. The third-order valence-corrected chi connectivity index (χ3v) is 9.61. The molecule has 3 aromatic carbocycles. The first-order chi connectivity index (χ1) is 22.0. The number of nitrogens with one attached hydrogen (secondary N) is 2. The van der Waals surface area contributed by atoms with Crippen LogP contribution in [-0.4, -0.2) is 49.9 Å². The molecule has 2 N–H and O–H groups in total. The first-order valence-electron chi connectivity index (χ1n) is 15.5. The van der Waals surface area contributed by atoms with Crippen LogP contribution in [0, 0.1) is 0 Å². The molecule has 0 saturated carbocycles. The van der Waals surface area contributed by atoms with Gasteiger partial charge in [0.25, 0.3) is 11.8 Å². The van der Waals surface area contributed by atoms with Crippen LogP contribution in [0.3, 0.4) is 0 Å². The standard InChI is InChI=1S/C36H36N4O4S/c1-25-4-2-5-27-24-29(11-16-32(27)40(25)31-14-9-28(10-15-31)37-35(42)33-6-3-23-45-33)38-34(41)26-7-12-30(13-8-26)39-19-17-36(18-20-39)43-21-22-44-36/h2-3,5-16,23-25H,4,17-22H2,1H3,(H,37,42)(H,38,41). The summed E-state index contributed by atoms with van der Waals surface area (Å²) in [6, 6.07) is 25.7. The molecule has 0 bridgehead atoms. The maximum Gasteiger partial charge on any atom is 0.265 e. The Balaban J connectivity index is 1.02. The topological polar surface area (TPSA) is 83.1 Å². The zero-order chi connectivity index (χ0) is 30.8. The molecule has 1 spiro atoms. The quantitative estimate of drug-likeness (QED) is 0.232. The van der Waals surface area contributed by atoms with Crippen LogP contribution in [0.1, 0.15) is 51.8 Å². The molecule has 2 saturated heterocycles. The summed E-state index contributed by atoms with van der Waals surface area (Å²) in [5.74, 6) is -0.650. The summed E-state index contributed by atoms with van der Waals surface area (Å²) >= 11 is 1.42. The van der Waals surface area contributed by atoms with Gasteiger partial charge in [-0.1, -0.05) is 18.2 Å². The van der Waals surface area contributed by atoms with Crippen LogP contribution in [0.4, 0.5) is 28.4 Å². The number of rotatable bonds is 6. The second-order valence-electron chi connectivity index (χ2n) is 11.7. The van der Waals surface area contributed by atoms with Crippen LogP contribution >= 0.6 is 11.3 Å². The van der Waals surface area contributed by atoms with Gasteiger partial charge in [-0.2, -0.15) is 0 Å². The maximum absolute atomic E-state index is 13.2.